The van der Waals surface area contributed by atoms with Crippen molar-refractivity contribution in [1.29, 1.82) is 0 Å². The normalized spacial score (nSPS) is 13.3. The number of aryl methyl sites for hydroxylation is 2. The van der Waals surface area contributed by atoms with E-state index in [9.17, 15) is 0 Å². The van der Waals surface area contributed by atoms with Gasteiger partial charge in [-0.1, -0.05) is 6.92 Å². The molecule has 0 radical (unpaired) electrons. The fourth-order valence-electron chi connectivity index (χ4n) is 1.20. The van der Waals surface area contributed by atoms with Gasteiger partial charge in [0.1, 0.15) is 0 Å². The Kier molecular flexibility index (Phi) is 2.87. The second kappa shape index (κ2) is 3.72. The van der Waals surface area contributed by atoms with Gasteiger partial charge in [0, 0.05) is 18.3 Å². The summed E-state index contributed by atoms with van der Waals surface area (Å²) in [6.45, 7) is 7.15. The minimum absolute atomic E-state index is 0.0433. The Morgan fingerprint density at radius 2 is 2.33 bits per heavy atom. The first-order valence-corrected chi connectivity index (χ1v) is 4.45. The quantitative estimate of drug-likeness (QED) is 0.743. The molecule has 1 heterocycles. The van der Waals surface area contributed by atoms with Crippen molar-refractivity contribution in [1.82, 2.24) is 9.78 Å². The van der Waals surface area contributed by atoms with Gasteiger partial charge in [0.2, 0.25) is 0 Å². The fourth-order valence-corrected chi connectivity index (χ4v) is 1.20. The number of aromatic nitrogens is 2. The molecule has 1 rings (SSSR count). The zero-order valence-corrected chi connectivity index (χ0v) is 8.04. The van der Waals surface area contributed by atoms with E-state index in [1.165, 1.54) is 5.69 Å². The van der Waals surface area contributed by atoms with Crippen LogP contribution in [0.1, 0.15) is 37.7 Å². The summed E-state index contributed by atoms with van der Waals surface area (Å²) in [7, 11) is 0. The predicted octanol–water partition coefficient (Wildman–Crippen LogP) is 1.62. The van der Waals surface area contributed by atoms with Crippen LogP contribution in [0.3, 0.4) is 0 Å². The van der Waals surface area contributed by atoms with Gasteiger partial charge in [-0.25, -0.2) is 0 Å². The van der Waals surface area contributed by atoms with Crippen molar-refractivity contribution in [2.45, 2.75) is 39.8 Å². The van der Waals surface area contributed by atoms with E-state index >= 15 is 0 Å². The highest BCUT2D eigenvalue weighted by Crippen LogP contribution is 2.09. The second-order valence-electron chi connectivity index (χ2n) is 3.22. The van der Waals surface area contributed by atoms with E-state index in [1.54, 1.807) is 0 Å². The van der Waals surface area contributed by atoms with Crippen molar-refractivity contribution in [3.8, 4) is 0 Å². The molecule has 0 aliphatic rings. The molecular weight excluding hydrogens is 150 g/mol. The van der Waals surface area contributed by atoms with Crippen molar-refractivity contribution in [3.63, 3.8) is 0 Å². The Hall–Kier alpha value is -0.830. The minimum atomic E-state index is 0.0433. The van der Waals surface area contributed by atoms with Gasteiger partial charge in [-0.2, -0.15) is 5.10 Å². The maximum atomic E-state index is 5.72. The minimum Gasteiger partial charge on any atom is -0.323 e. The summed E-state index contributed by atoms with van der Waals surface area (Å²) in [5.74, 6) is 0. The highest BCUT2D eigenvalue weighted by Gasteiger charge is 2.06. The van der Waals surface area contributed by atoms with Crippen LogP contribution in [0, 0.1) is 6.92 Å². The van der Waals surface area contributed by atoms with E-state index < -0.39 is 0 Å². The van der Waals surface area contributed by atoms with Gasteiger partial charge in [0.15, 0.2) is 0 Å². The summed E-state index contributed by atoms with van der Waals surface area (Å²) in [4.78, 5) is 0. The monoisotopic (exact) mass is 167 g/mol. The van der Waals surface area contributed by atoms with E-state index in [-0.39, 0.29) is 6.04 Å². The highest BCUT2D eigenvalue weighted by molar-refractivity contribution is 5.11. The average molecular weight is 167 g/mol. The lowest BCUT2D eigenvalue weighted by Crippen LogP contribution is -2.07. The first-order chi connectivity index (χ1) is 5.65. The molecule has 1 aromatic rings. The van der Waals surface area contributed by atoms with Crippen LogP contribution in [0.25, 0.3) is 0 Å². The first-order valence-electron chi connectivity index (χ1n) is 4.45. The molecule has 0 saturated carbocycles. The average Bonchev–Trinajstić information content (AvgIpc) is 2.34. The predicted molar refractivity (Wildman–Crippen MR) is 49.9 cm³/mol. The van der Waals surface area contributed by atoms with Crippen molar-refractivity contribution >= 4 is 0 Å². The molecule has 2 N–H and O–H groups in total. The molecule has 3 heteroatoms. The summed E-state index contributed by atoms with van der Waals surface area (Å²) in [6, 6.07) is 2.10. The van der Waals surface area contributed by atoms with E-state index in [0.29, 0.717) is 0 Å². The molecule has 0 aliphatic carbocycles. The van der Waals surface area contributed by atoms with E-state index in [1.807, 2.05) is 11.6 Å². The van der Waals surface area contributed by atoms with Crippen LogP contribution < -0.4 is 5.73 Å². The third-order valence-electron chi connectivity index (χ3n) is 1.90. The zero-order valence-electron chi connectivity index (χ0n) is 8.04. The standard InChI is InChI=1S/C9H17N3/c1-4-5-12-7(2)6-9(11-12)8(3)10/h6,8H,4-5,10H2,1-3H3. The summed E-state index contributed by atoms with van der Waals surface area (Å²) >= 11 is 0. The van der Waals surface area contributed by atoms with Gasteiger partial charge >= 0.3 is 0 Å². The molecule has 0 spiro atoms. The summed E-state index contributed by atoms with van der Waals surface area (Å²) < 4.78 is 2.01. The van der Waals surface area contributed by atoms with E-state index in [0.717, 1.165) is 18.7 Å². The molecule has 3 nitrogen and oxygen atoms in total. The number of rotatable bonds is 3. The van der Waals surface area contributed by atoms with Crippen LogP contribution in [-0.2, 0) is 6.54 Å². The van der Waals surface area contributed by atoms with Crippen LogP contribution in [0.15, 0.2) is 6.07 Å². The number of nitrogens with two attached hydrogens (primary N) is 1. The summed E-state index contributed by atoms with van der Waals surface area (Å²) in [6.07, 6.45) is 1.11. The Bertz CT molecular complexity index is 250. The van der Waals surface area contributed by atoms with Gasteiger partial charge in [0.25, 0.3) is 0 Å². The van der Waals surface area contributed by atoms with Crippen LogP contribution in [0.5, 0.6) is 0 Å². The molecular formula is C9H17N3. The topological polar surface area (TPSA) is 43.8 Å². The molecule has 1 atom stereocenters. The van der Waals surface area contributed by atoms with Gasteiger partial charge in [-0.05, 0) is 26.3 Å². The highest BCUT2D eigenvalue weighted by atomic mass is 15.3. The number of hydrogen-bond donors (Lipinski definition) is 1. The molecule has 0 aliphatic heterocycles. The zero-order chi connectivity index (χ0) is 9.14. The summed E-state index contributed by atoms with van der Waals surface area (Å²) in [5, 5.41) is 4.39. The molecule has 1 unspecified atom stereocenters. The van der Waals surface area contributed by atoms with E-state index in [2.05, 4.69) is 25.0 Å². The Balaban J connectivity index is 2.85. The molecule has 0 aromatic carbocycles. The van der Waals surface area contributed by atoms with Gasteiger partial charge < -0.3 is 5.73 Å². The maximum absolute atomic E-state index is 5.72. The third kappa shape index (κ3) is 1.85. The molecule has 0 fully saturated rings. The van der Waals surface area contributed by atoms with Crippen LogP contribution in [0.2, 0.25) is 0 Å². The molecule has 0 saturated heterocycles. The van der Waals surface area contributed by atoms with Crippen LogP contribution in [-0.4, -0.2) is 9.78 Å². The van der Waals surface area contributed by atoms with Crippen LogP contribution in [0.4, 0.5) is 0 Å². The first kappa shape index (κ1) is 9.26. The Labute approximate surface area is 73.6 Å². The van der Waals surface area contributed by atoms with Crippen molar-refractivity contribution in [3.05, 3.63) is 17.5 Å². The Morgan fingerprint density at radius 3 is 2.75 bits per heavy atom. The number of nitrogens with zero attached hydrogens (tertiary/aromatic N) is 2. The second-order valence-corrected chi connectivity index (χ2v) is 3.22. The summed E-state index contributed by atoms with van der Waals surface area (Å²) in [5.41, 5.74) is 7.90. The largest absolute Gasteiger partial charge is 0.323 e. The molecule has 0 bridgehead atoms. The van der Waals surface area contributed by atoms with Crippen LogP contribution >= 0.6 is 0 Å². The number of hydrogen-bond acceptors (Lipinski definition) is 2. The van der Waals surface area contributed by atoms with Crippen molar-refractivity contribution in [2.75, 3.05) is 0 Å². The lowest BCUT2D eigenvalue weighted by molar-refractivity contribution is 0.572. The van der Waals surface area contributed by atoms with Crippen molar-refractivity contribution < 1.29 is 0 Å². The maximum Gasteiger partial charge on any atom is 0.0791 e. The molecule has 0 amide bonds. The SMILES string of the molecule is CCCn1nc(C(C)N)cc1C. The molecule has 12 heavy (non-hydrogen) atoms. The lowest BCUT2D eigenvalue weighted by Gasteiger charge is -2.00. The Morgan fingerprint density at radius 1 is 1.67 bits per heavy atom. The van der Waals surface area contributed by atoms with Gasteiger partial charge in [0.05, 0.1) is 5.69 Å². The molecule has 68 valence electrons. The van der Waals surface area contributed by atoms with Gasteiger partial charge in [-0.15, -0.1) is 0 Å². The van der Waals surface area contributed by atoms with Gasteiger partial charge in [-0.3, -0.25) is 4.68 Å². The van der Waals surface area contributed by atoms with E-state index in [4.69, 9.17) is 5.73 Å². The molecule has 1 aromatic heterocycles. The smallest absolute Gasteiger partial charge is 0.0791 e. The third-order valence-corrected chi connectivity index (χ3v) is 1.90. The fraction of sp³-hybridized carbons (Fsp3) is 0.667. The lowest BCUT2D eigenvalue weighted by atomic mass is 10.2. The van der Waals surface area contributed by atoms with Crippen molar-refractivity contribution in [2.24, 2.45) is 5.73 Å².